The summed E-state index contributed by atoms with van der Waals surface area (Å²) < 4.78 is 27.2. The third kappa shape index (κ3) is 2.61. The van der Waals surface area contributed by atoms with Crippen molar-refractivity contribution in [2.75, 3.05) is 13.1 Å². The summed E-state index contributed by atoms with van der Waals surface area (Å²) in [6, 6.07) is 1.06. The fraction of sp³-hybridized carbons (Fsp3) is 0.462. The molecule has 1 unspecified atom stereocenters. The largest absolute Gasteiger partial charge is 0.338 e. The second-order valence-corrected chi connectivity index (χ2v) is 4.85. The smallest absolute Gasteiger partial charge is 0.307 e. The van der Waals surface area contributed by atoms with Crippen LogP contribution in [0.5, 0.6) is 0 Å². The molecule has 7 heteroatoms. The minimum atomic E-state index is -1.20. The Bertz CT molecular complexity index is 563. The lowest BCUT2D eigenvalue weighted by Gasteiger charge is -2.16. The highest BCUT2D eigenvalue weighted by Crippen LogP contribution is 2.25. The van der Waals surface area contributed by atoms with Crippen LogP contribution in [0.1, 0.15) is 30.1 Å². The van der Waals surface area contributed by atoms with Crippen LogP contribution in [0, 0.1) is 27.7 Å². The van der Waals surface area contributed by atoms with Crippen LogP contribution in [0.2, 0.25) is 0 Å². The number of carbonyl (C=O) groups is 1. The molecule has 1 saturated heterocycles. The molecule has 108 valence electrons. The molecule has 0 spiro atoms. The molecule has 1 aromatic carbocycles. The number of halogens is 2. The Kier molecular flexibility index (Phi) is 3.96. The summed E-state index contributed by atoms with van der Waals surface area (Å²) in [6.07, 6.45) is 1.75. The maximum atomic E-state index is 13.8. The van der Waals surface area contributed by atoms with E-state index in [-0.39, 0.29) is 0 Å². The lowest BCUT2D eigenvalue weighted by atomic mass is 10.1. The van der Waals surface area contributed by atoms with E-state index in [0.717, 1.165) is 12.8 Å². The second kappa shape index (κ2) is 5.52. The summed E-state index contributed by atoms with van der Waals surface area (Å²) in [5, 5.41) is 10.5. The summed E-state index contributed by atoms with van der Waals surface area (Å²) in [5.74, 6) is -2.52. The standard InChI is InChI=1S/C13H14F2N2O3/c1-2-8-3-4-16(7-8)13(18)9-5-11(15)12(17(19)20)6-10(9)14/h5-6,8H,2-4,7H2,1H3. The van der Waals surface area contributed by atoms with Crippen molar-refractivity contribution in [3.8, 4) is 0 Å². The second-order valence-electron chi connectivity index (χ2n) is 4.85. The molecule has 1 aliphatic rings. The van der Waals surface area contributed by atoms with Crippen LogP contribution < -0.4 is 0 Å². The summed E-state index contributed by atoms with van der Waals surface area (Å²) in [5.41, 5.74) is -1.42. The highest BCUT2D eigenvalue weighted by atomic mass is 19.1. The monoisotopic (exact) mass is 284 g/mol. The van der Waals surface area contributed by atoms with E-state index in [1.165, 1.54) is 4.90 Å². The molecule has 1 aliphatic heterocycles. The molecular formula is C13H14F2N2O3. The number of carbonyl (C=O) groups excluding carboxylic acids is 1. The van der Waals surface area contributed by atoms with Crippen molar-refractivity contribution in [1.29, 1.82) is 0 Å². The number of nitrogens with zero attached hydrogens (tertiary/aromatic N) is 2. The van der Waals surface area contributed by atoms with E-state index in [4.69, 9.17) is 0 Å². The molecule has 0 radical (unpaired) electrons. The first-order valence-corrected chi connectivity index (χ1v) is 6.36. The van der Waals surface area contributed by atoms with Crippen molar-refractivity contribution in [1.82, 2.24) is 4.90 Å². The first-order chi connectivity index (χ1) is 9.43. The van der Waals surface area contributed by atoms with E-state index in [1.54, 1.807) is 0 Å². The Labute approximate surface area is 114 Å². The topological polar surface area (TPSA) is 63.5 Å². The molecule has 2 rings (SSSR count). The van der Waals surface area contributed by atoms with Crippen molar-refractivity contribution in [3.63, 3.8) is 0 Å². The first-order valence-electron chi connectivity index (χ1n) is 6.36. The zero-order valence-corrected chi connectivity index (χ0v) is 10.9. The zero-order chi connectivity index (χ0) is 14.9. The molecule has 20 heavy (non-hydrogen) atoms. The Hall–Kier alpha value is -2.05. The lowest BCUT2D eigenvalue weighted by Crippen LogP contribution is -2.29. The van der Waals surface area contributed by atoms with Gasteiger partial charge in [-0.1, -0.05) is 13.3 Å². The van der Waals surface area contributed by atoms with Crippen molar-refractivity contribution in [3.05, 3.63) is 39.4 Å². The average molecular weight is 284 g/mol. The number of likely N-dealkylation sites (tertiary alicyclic amines) is 1. The predicted molar refractivity (Wildman–Crippen MR) is 67.3 cm³/mol. The lowest BCUT2D eigenvalue weighted by molar-refractivity contribution is -0.387. The van der Waals surface area contributed by atoms with Gasteiger partial charge in [0.05, 0.1) is 16.6 Å². The number of nitro groups is 1. The van der Waals surface area contributed by atoms with E-state index >= 15 is 0 Å². The average Bonchev–Trinajstić information content (AvgIpc) is 2.88. The van der Waals surface area contributed by atoms with E-state index < -0.39 is 33.7 Å². The Morgan fingerprint density at radius 2 is 2.15 bits per heavy atom. The summed E-state index contributed by atoms with van der Waals surface area (Å²) >= 11 is 0. The third-order valence-corrected chi connectivity index (χ3v) is 3.61. The molecule has 0 saturated carbocycles. The van der Waals surface area contributed by atoms with Gasteiger partial charge in [-0.25, -0.2) is 4.39 Å². The van der Waals surface area contributed by atoms with Crippen molar-refractivity contribution >= 4 is 11.6 Å². The van der Waals surface area contributed by atoms with Crippen LogP contribution in [0.4, 0.5) is 14.5 Å². The quantitative estimate of drug-likeness (QED) is 0.633. The van der Waals surface area contributed by atoms with Crippen molar-refractivity contribution < 1.29 is 18.5 Å². The molecule has 5 nitrogen and oxygen atoms in total. The molecule has 1 atom stereocenters. The van der Waals surface area contributed by atoms with Gasteiger partial charge in [-0.2, -0.15) is 4.39 Å². The van der Waals surface area contributed by atoms with Gasteiger partial charge >= 0.3 is 5.69 Å². The van der Waals surface area contributed by atoms with Gasteiger partial charge in [0.25, 0.3) is 5.91 Å². The molecule has 0 bridgehead atoms. The van der Waals surface area contributed by atoms with E-state index in [1.807, 2.05) is 6.92 Å². The zero-order valence-electron chi connectivity index (χ0n) is 10.9. The van der Waals surface area contributed by atoms with Gasteiger partial charge in [0, 0.05) is 13.1 Å². The fourth-order valence-electron chi connectivity index (χ4n) is 2.36. The summed E-state index contributed by atoms with van der Waals surface area (Å²) in [7, 11) is 0. The molecule has 0 aliphatic carbocycles. The number of amides is 1. The molecule has 1 aromatic rings. The van der Waals surface area contributed by atoms with Crippen LogP contribution in [0.25, 0.3) is 0 Å². The summed E-state index contributed by atoms with van der Waals surface area (Å²) in [4.78, 5) is 23.0. The molecule has 1 amide bonds. The van der Waals surface area contributed by atoms with Crippen molar-refractivity contribution in [2.24, 2.45) is 5.92 Å². The maximum Gasteiger partial charge on any atom is 0.307 e. The maximum absolute atomic E-state index is 13.8. The SMILES string of the molecule is CCC1CCN(C(=O)c2cc(F)c([N+](=O)[O-])cc2F)C1. The number of rotatable bonds is 3. The predicted octanol–water partition coefficient (Wildman–Crippen LogP) is 2.75. The molecule has 1 heterocycles. The van der Waals surface area contributed by atoms with Gasteiger partial charge in [0.1, 0.15) is 5.82 Å². The molecule has 1 fully saturated rings. The van der Waals surface area contributed by atoms with Crippen LogP contribution in [-0.2, 0) is 0 Å². The van der Waals surface area contributed by atoms with Gasteiger partial charge in [-0.3, -0.25) is 14.9 Å². The number of nitro benzene ring substituents is 1. The van der Waals surface area contributed by atoms with Gasteiger partial charge in [-0.05, 0) is 18.4 Å². The highest BCUT2D eigenvalue weighted by Gasteiger charge is 2.29. The third-order valence-electron chi connectivity index (χ3n) is 3.61. The number of hydrogen-bond acceptors (Lipinski definition) is 3. The minimum absolute atomic E-state index is 0.366. The Morgan fingerprint density at radius 3 is 2.70 bits per heavy atom. The van der Waals surface area contributed by atoms with Gasteiger partial charge < -0.3 is 4.90 Å². The van der Waals surface area contributed by atoms with Gasteiger partial charge in [0.15, 0.2) is 0 Å². The van der Waals surface area contributed by atoms with Crippen LogP contribution >= 0.6 is 0 Å². The van der Waals surface area contributed by atoms with Crippen molar-refractivity contribution in [2.45, 2.75) is 19.8 Å². The van der Waals surface area contributed by atoms with Crippen LogP contribution in [0.15, 0.2) is 12.1 Å². The fourth-order valence-corrected chi connectivity index (χ4v) is 2.36. The van der Waals surface area contributed by atoms with E-state index in [2.05, 4.69) is 0 Å². The number of benzene rings is 1. The molecule has 0 N–H and O–H groups in total. The minimum Gasteiger partial charge on any atom is -0.338 e. The first kappa shape index (κ1) is 14.4. The van der Waals surface area contributed by atoms with Crippen LogP contribution in [-0.4, -0.2) is 28.8 Å². The molecule has 0 aromatic heterocycles. The normalized spacial score (nSPS) is 18.4. The Morgan fingerprint density at radius 1 is 1.45 bits per heavy atom. The molecular weight excluding hydrogens is 270 g/mol. The van der Waals surface area contributed by atoms with Crippen LogP contribution in [0.3, 0.4) is 0 Å². The Balaban J connectivity index is 2.27. The summed E-state index contributed by atoms with van der Waals surface area (Å²) in [6.45, 7) is 3.01. The van der Waals surface area contributed by atoms with Gasteiger partial charge in [-0.15, -0.1) is 0 Å². The highest BCUT2D eigenvalue weighted by molar-refractivity contribution is 5.95. The van der Waals surface area contributed by atoms with E-state index in [0.29, 0.717) is 31.1 Å². The van der Waals surface area contributed by atoms with Gasteiger partial charge in [0.2, 0.25) is 5.82 Å². The number of hydrogen-bond donors (Lipinski definition) is 0. The van der Waals surface area contributed by atoms with E-state index in [9.17, 15) is 23.7 Å².